The van der Waals surface area contributed by atoms with E-state index in [1.165, 1.54) is 11.1 Å². The fourth-order valence-corrected chi connectivity index (χ4v) is 3.49. The molecule has 0 aliphatic carbocycles. The van der Waals surface area contributed by atoms with Gasteiger partial charge in [0, 0.05) is 18.6 Å². The van der Waals surface area contributed by atoms with Gasteiger partial charge in [-0.2, -0.15) is 0 Å². The number of hydrogen-bond donors (Lipinski definition) is 1. The third-order valence-corrected chi connectivity index (χ3v) is 4.27. The van der Waals surface area contributed by atoms with Crippen LogP contribution in [0.4, 0.5) is 0 Å². The van der Waals surface area contributed by atoms with E-state index in [1.807, 2.05) is 0 Å². The van der Waals surface area contributed by atoms with E-state index >= 15 is 0 Å². The number of likely N-dealkylation sites (N-methyl/N-ethyl adjacent to an activating group) is 1. The molecule has 0 aliphatic rings. The van der Waals surface area contributed by atoms with Crippen molar-refractivity contribution in [3.63, 3.8) is 0 Å². The van der Waals surface area contributed by atoms with Gasteiger partial charge < -0.3 is 5.73 Å². The summed E-state index contributed by atoms with van der Waals surface area (Å²) in [5, 5.41) is 0. The highest BCUT2D eigenvalue weighted by Crippen LogP contribution is 2.30. The van der Waals surface area contributed by atoms with Crippen LogP contribution < -0.4 is 5.73 Å². The van der Waals surface area contributed by atoms with Crippen LogP contribution in [-0.2, 0) is 6.54 Å². The van der Waals surface area contributed by atoms with Crippen molar-refractivity contribution in [3.8, 4) is 0 Å². The van der Waals surface area contributed by atoms with Crippen molar-refractivity contribution in [1.29, 1.82) is 0 Å². The van der Waals surface area contributed by atoms with Crippen LogP contribution in [-0.4, -0.2) is 24.0 Å². The van der Waals surface area contributed by atoms with Crippen LogP contribution in [0.3, 0.4) is 0 Å². The summed E-state index contributed by atoms with van der Waals surface area (Å²) in [6.45, 7) is 13.0. The van der Waals surface area contributed by atoms with E-state index in [4.69, 9.17) is 5.73 Å². The number of aryl methyl sites for hydroxylation is 1. The smallest absolute Gasteiger partial charge is 0.0337 e. The molecule has 21 heavy (non-hydrogen) atoms. The molecule has 0 aromatic heterocycles. The van der Waals surface area contributed by atoms with Gasteiger partial charge >= 0.3 is 0 Å². The van der Waals surface area contributed by atoms with Crippen molar-refractivity contribution in [2.24, 2.45) is 17.6 Å². The molecule has 0 radical (unpaired) electrons. The first-order chi connectivity index (χ1) is 9.79. The van der Waals surface area contributed by atoms with Gasteiger partial charge in [-0.25, -0.2) is 0 Å². The van der Waals surface area contributed by atoms with Gasteiger partial charge in [0.2, 0.25) is 0 Å². The van der Waals surface area contributed by atoms with E-state index in [2.05, 4.69) is 70.8 Å². The Balaban J connectivity index is 2.95. The first-order valence-electron chi connectivity index (χ1n) is 8.26. The Morgan fingerprint density at radius 2 is 1.67 bits per heavy atom. The molecule has 0 bridgehead atoms. The molecule has 0 unspecified atom stereocenters. The zero-order valence-corrected chi connectivity index (χ0v) is 14.8. The van der Waals surface area contributed by atoms with Crippen LogP contribution >= 0.6 is 0 Å². The van der Waals surface area contributed by atoms with Crippen molar-refractivity contribution in [2.75, 3.05) is 13.6 Å². The van der Waals surface area contributed by atoms with Gasteiger partial charge in [0.05, 0.1) is 0 Å². The van der Waals surface area contributed by atoms with Crippen molar-refractivity contribution in [2.45, 2.75) is 59.5 Å². The number of hydrogen-bond acceptors (Lipinski definition) is 2. The van der Waals surface area contributed by atoms with Crippen LogP contribution in [0.25, 0.3) is 0 Å². The van der Waals surface area contributed by atoms with Crippen molar-refractivity contribution in [1.82, 2.24) is 4.90 Å². The van der Waals surface area contributed by atoms with E-state index in [1.54, 1.807) is 0 Å². The molecule has 0 spiro atoms. The molecule has 1 aromatic carbocycles. The minimum atomic E-state index is 0.103. The van der Waals surface area contributed by atoms with Gasteiger partial charge in [-0.05, 0) is 44.2 Å². The lowest BCUT2D eigenvalue weighted by atomic mass is 9.80. The summed E-state index contributed by atoms with van der Waals surface area (Å²) < 4.78 is 0. The van der Waals surface area contributed by atoms with Gasteiger partial charge in [0.1, 0.15) is 0 Å². The zero-order valence-electron chi connectivity index (χ0n) is 14.8. The van der Waals surface area contributed by atoms with E-state index in [0.717, 1.165) is 25.9 Å². The van der Waals surface area contributed by atoms with Crippen LogP contribution in [0.5, 0.6) is 0 Å². The Bertz CT molecular complexity index is 413. The second-order valence-electron chi connectivity index (χ2n) is 7.47. The van der Waals surface area contributed by atoms with E-state index in [-0.39, 0.29) is 5.54 Å². The highest BCUT2D eigenvalue weighted by Gasteiger charge is 2.34. The van der Waals surface area contributed by atoms with Gasteiger partial charge in [-0.3, -0.25) is 4.90 Å². The molecule has 0 heterocycles. The summed E-state index contributed by atoms with van der Waals surface area (Å²) >= 11 is 0. The van der Waals surface area contributed by atoms with Gasteiger partial charge in [-0.15, -0.1) is 0 Å². The summed E-state index contributed by atoms with van der Waals surface area (Å²) in [6, 6.07) is 8.80. The summed E-state index contributed by atoms with van der Waals surface area (Å²) in [4.78, 5) is 2.49. The average Bonchev–Trinajstić information content (AvgIpc) is 2.36. The number of rotatable bonds is 8. The first kappa shape index (κ1) is 18.2. The summed E-state index contributed by atoms with van der Waals surface area (Å²) in [7, 11) is 2.24. The largest absolute Gasteiger partial charge is 0.329 e. The van der Waals surface area contributed by atoms with Gasteiger partial charge in [0.25, 0.3) is 0 Å². The molecule has 2 nitrogen and oxygen atoms in total. The first-order valence-corrected chi connectivity index (χ1v) is 8.26. The standard InChI is InChI=1S/C19H34N2/c1-15(2)11-19(14-20,12-16(3)4)21(6)13-18-9-7-8-17(5)10-18/h7-10,15-16H,11-14,20H2,1-6H3. The van der Waals surface area contributed by atoms with Crippen molar-refractivity contribution in [3.05, 3.63) is 35.4 Å². The molecule has 2 N–H and O–H groups in total. The fraction of sp³-hybridized carbons (Fsp3) is 0.684. The van der Waals surface area contributed by atoms with Crippen LogP contribution in [0.2, 0.25) is 0 Å². The molecule has 0 aliphatic heterocycles. The zero-order chi connectivity index (χ0) is 16.0. The fourth-order valence-electron chi connectivity index (χ4n) is 3.49. The van der Waals surface area contributed by atoms with Crippen molar-refractivity contribution >= 4 is 0 Å². The third kappa shape index (κ3) is 5.44. The molecule has 0 saturated heterocycles. The quantitative estimate of drug-likeness (QED) is 0.777. The lowest BCUT2D eigenvalue weighted by Gasteiger charge is -2.44. The molecule has 0 atom stereocenters. The molecule has 0 saturated carbocycles. The molecule has 2 heteroatoms. The average molecular weight is 290 g/mol. The Morgan fingerprint density at radius 3 is 2.10 bits per heavy atom. The highest BCUT2D eigenvalue weighted by atomic mass is 15.2. The minimum Gasteiger partial charge on any atom is -0.329 e. The number of benzene rings is 1. The van der Waals surface area contributed by atoms with Crippen LogP contribution in [0.1, 0.15) is 51.7 Å². The predicted octanol–water partition coefficient (Wildman–Crippen LogP) is 4.22. The summed E-state index contributed by atoms with van der Waals surface area (Å²) in [6.07, 6.45) is 2.31. The van der Waals surface area contributed by atoms with Gasteiger partial charge in [-0.1, -0.05) is 57.5 Å². The molecule has 0 fully saturated rings. The lowest BCUT2D eigenvalue weighted by Crippen LogP contribution is -2.53. The predicted molar refractivity (Wildman–Crippen MR) is 93.3 cm³/mol. The van der Waals surface area contributed by atoms with Crippen molar-refractivity contribution < 1.29 is 0 Å². The third-order valence-electron chi connectivity index (χ3n) is 4.27. The maximum absolute atomic E-state index is 6.25. The summed E-state index contributed by atoms with van der Waals surface area (Å²) in [5.74, 6) is 1.32. The topological polar surface area (TPSA) is 29.3 Å². The maximum Gasteiger partial charge on any atom is 0.0337 e. The number of nitrogens with zero attached hydrogens (tertiary/aromatic N) is 1. The molecule has 1 rings (SSSR count). The van der Waals surface area contributed by atoms with Crippen LogP contribution in [0, 0.1) is 18.8 Å². The van der Waals surface area contributed by atoms with E-state index in [9.17, 15) is 0 Å². The molecule has 1 aromatic rings. The Labute approximate surface area is 131 Å². The van der Waals surface area contributed by atoms with E-state index in [0.29, 0.717) is 11.8 Å². The highest BCUT2D eigenvalue weighted by molar-refractivity contribution is 5.22. The monoisotopic (exact) mass is 290 g/mol. The normalized spacial score (nSPS) is 12.7. The van der Waals surface area contributed by atoms with E-state index < -0.39 is 0 Å². The lowest BCUT2D eigenvalue weighted by molar-refractivity contribution is 0.0713. The Hall–Kier alpha value is -0.860. The second-order valence-corrected chi connectivity index (χ2v) is 7.47. The summed E-state index contributed by atoms with van der Waals surface area (Å²) in [5.41, 5.74) is 9.05. The van der Waals surface area contributed by atoms with Crippen LogP contribution in [0.15, 0.2) is 24.3 Å². The molecule has 0 amide bonds. The molecular formula is C19H34N2. The second kappa shape index (κ2) is 7.95. The SMILES string of the molecule is Cc1cccc(CN(C)C(CN)(CC(C)C)CC(C)C)c1. The Kier molecular flexibility index (Phi) is 6.89. The van der Waals surface area contributed by atoms with Gasteiger partial charge in [0.15, 0.2) is 0 Å². The Morgan fingerprint density at radius 1 is 1.10 bits per heavy atom. The number of nitrogens with two attached hydrogens (primary N) is 1. The molecular weight excluding hydrogens is 256 g/mol. The molecule has 120 valence electrons. The minimum absolute atomic E-state index is 0.103. The maximum atomic E-state index is 6.25.